The number of piperazine rings is 1. The summed E-state index contributed by atoms with van der Waals surface area (Å²) in [6, 6.07) is 12.6. The van der Waals surface area contributed by atoms with Crippen LogP contribution in [0, 0.1) is 11.6 Å². The monoisotopic (exact) mass is 428 g/mol. The third-order valence-electron chi connectivity index (χ3n) is 6.39. The van der Waals surface area contributed by atoms with Gasteiger partial charge in [-0.1, -0.05) is 31.0 Å². The second-order valence-electron chi connectivity index (χ2n) is 8.19. The number of nitrogens with zero attached hydrogens (tertiary/aromatic N) is 2. The van der Waals surface area contributed by atoms with Gasteiger partial charge in [-0.15, -0.1) is 0 Å². The summed E-state index contributed by atoms with van der Waals surface area (Å²) < 4.78 is 33.0. The van der Waals surface area contributed by atoms with E-state index < -0.39 is 17.2 Å². The van der Waals surface area contributed by atoms with E-state index in [4.69, 9.17) is 4.74 Å². The summed E-state index contributed by atoms with van der Waals surface area (Å²) in [5.41, 5.74) is 0.262. The normalized spacial score (nSPS) is 18.1. The van der Waals surface area contributed by atoms with Gasteiger partial charge in [0.1, 0.15) is 11.6 Å². The first kappa shape index (κ1) is 21.3. The topological polar surface area (TPSA) is 49.9 Å². The number of carbonyl (C=O) groups excluding carboxylic acids is 2. The van der Waals surface area contributed by atoms with Crippen LogP contribution in [0.15, 0.2) is 48.5 Å². The van der Waals surface area contributed by atoms with Crippen molar-refractivity contribution in [3.63, 3.8) is 0 Å². The maximum atomic E-state index is 14.4. The minimum Gasteiger partial charge on any atom is -0.455 e. The molecule has 2 aromatic rings. The lowest BCUT2D eigenvalue weighted by Crippen LogP contribution is -2.50. The molecule has 0 bridgehead atoms. The van der Waals surface area contributed by atoms with Crippen LogP contribution >= 0.6 is 0 Å². The molecule has 0 N–H and O–H groups in total. The first-order chi connectivity index (χ1) is 15.0. The quantitative estimate of drug-likeness (QED) is 0.682. The van der Waals surface area contributed by atoms with Gasteiger partial charge in [-0.3, -0.25) is 9.59 Å². The van der Waals surface area contributed by atoms with E-state index in [0.29, 0.717) is 44.6 Å². The average molecular weight is 428 g/mol. The smallest absolute Gasteiger partial charge is 0.317 e. The van der Waals surface area contributed by atoms with Crippen LogP contribution in [-0.2, 0) is 19.7 Å². The zero-order chi connectivity index (χ0) is 21.8. The molecule has 2 aliphatic rings. The van der Waals surface area contributed by atoms with Crippen LogP contribution in [0.3, 0.4) is 0 Å². The van der Waals surface area contributed by atoms with Crippen molar-refractivity contribution in [3.05, 3.63) is 65.7 Å². The maximum absolute atomic E-state index is 14.4. The third-order valence-corrected chi connectivity index (χ3v) is 6.39. The molecule has 2 fully saturated rings. The summed E-state index contributed by atoms with van der Waals surface area (Å²) in [6.45, 7) is 1.87. The molecular weight excluding hydrogens is 402 g/mol. The van der Waals surface area contributed by atoms with E-state index >= 15 is 0 Å². The van der Waals surface area contributed by atoms with Crippen molar-refractivity contribution < 1.29 is 23.1 Å². The van der Waals surface area contributed by atoms with Crippen LogP contribution in [0.5, 0.6) is 0 Å². The number of hydrogen-bond acceptors (Lipinski definition) is 4. The molecule has 164 valence electrons. The molecule has 4 rings (SSSR count). The summed E-state index contributed by atoms with van der Waals surface area (Å²) in [5.74, 6) is -1.47. The highest BCUT2D eigenvalue weighted by molar-refractivity contribution is 5.87. The second kappa shape index (κ2) is 9.04. The van der Waals surface area contributed by atoms with Gasteiger partial charge in [0.05, 0.1) is 5.41 Å². The number of benzene rings is 2. The van der Waals surface area contributed by atoms with Crippen LogP contribution in [0.25, 0.3) is 0 Å². The first-order valence-electron chi connectivity index (χ1n) is 10.7. The Morgan fingerprint density at radius 2 is 1.55 bits per heavy atom. The van der Waals surface area contributed by atoms with Gasteiger partial charge in [-0.25, -0.2) is 8.78 Å². The van der Waals surface area contributed by atoms with Crippen molar-refractivity contribution in [3.8, 4) is 0 Å². The lowest BCUT2D eigenvalue weighted by atomic mass is 9.78. The lowest BCUT2D eigenvalue weighted by molar-refractivity contribution is -0.157. The molecule has 1 heterocycles. The highest BCUT2D eigenvalue weighted by atomic mass is 19.1. The van der Waals surface area contributed by atoms with Crippen LogP contribution in [0.2, 0.25) is 0 Å². The summed E-state index contributed by atoms with van der Waals surface area (Å²) in [5, 5.41) is 0. The van der Waals surface area contributed by atoms with Gasteiger partial charge in [-0.05, 0) is 43.2 Å². The molecule has 0 aromatic heterocycles. The Kier molecular flexibility index (Phi) is 6.20. The zero-order valence-electron chi connectivity index (χ0n) is 17.4. The number of ether oxygens (including phenoxy) is 1. The molecule has 0 spiro atoms. The van der Waals surface area contributed by atoms with Crippen LogP contribution < -0.4 is 4.90 Å². The summed E-state index contributed by atoms with van der Waals surface area (Å²) in [4.78, 5) is 29.3. The van der Waals surface area contributed by atoms with E-state index in [1.165, 1.54) is 18.2 Å². The van der Waals surface area contributed by atoms with E-state index in [9.17, 15) is 18.4 Å². The largest absolute Gasteiger partial charge is 0.455 e. The number of anilines is 1. The fourth-order valence-corrected chi connectivity index (χ4v) is 4.63. The minimum atomic E-state index is -1.01. The SMILES string of the molecule is O=C(COC(=O)C1(c2ccccc2F)CCCC1)N1CCN(c2ccc(F)cc2)CC1. The Labute approximate surface area is 180 Å². The molecule has 7 heteroatoms. The fraction of sp³-hybridized carbons (Fsp3) is 0.417. The Balaban J connectivity index is 1.34. The molecule has 31 heavy (non-hydrogen) atoms. The second-order valence-corrected chi connectivity index (χ2v) is 8.19. The number of hydrogen-bond donors (Lipinski definition) is 0. The van der Waals surface area contributed by atoms with Crippen LogP contribution in [-0.4, -0.2) is 49.6 Å². The van der Waals surface area contributed by atoms with Gasteiger partial charge < -0.3 is 14.5 Å². The molecule has 1 saturated carbocycles. The predicted octanol–water partition coefficient (Wildman–Crippen LogP) is 3.67. The summed E-state index contributed by atoms with van der Waals surface area (Å²) in [6.07, 6.45) is 2.69. The van der Waals surface area contributed by atoms with Gasteiger partial charge in [0, 0.05) is 37.4 Å². The van der Waals surface area contributed by atoms with Crippen molar-refractivity contribution in [1.82, 2.24) is 4.90 Å². The van der Waals surface area contributed by atoms with Crippen molar-refractivity contribution in [2.45, 2.75) is 31.1 Å². The van der Waals surface area contributed by atoms with E-state index in [0.717, 1.165) is 18.5 Å². The van der Waals surface area contributed by atoms with E-state index in [2.05, 4.69) is 4.90 Å². The zero-order valence-corrected chi connectivity index (χ0v) is 17.4. The van der Waals surface area contributed by atoms with Gasteiger partial charge in [0.15, 0.2) is 6.61 Å². The Bertz CT molecular complexity index is 934. The molecular formula is C24H26F2N2O3. The number of halogens is 2. The number of rotatable bonds is 5. The Hall–Kier alpha value is -2.96. The molecule has 1 aliphatic carbocycles. The first-order valence-corrected chi connectivity index (χ1v) is 10.7. The maximum Gasteiger partial charge on any atom is 0.317 e. The van der Waals surface area contributed by atoms with E-state index in [1.54, 1.807) is 35.2 Å². The number of esters is 1. The average Bonchev–Trinajstić information content (AvgIpc) is 3.29. The third kappa shape index (κ3) is 4.40. The van der Waals surface area contributed by atoms with Crippen molar-refractivity contribution in [2.75, 3.05) is 37.7 Å². The molecule has 0 atom stereocenters. The van der Waals surface area contributed by atoms with Gasteiger partial charge >= 0.3 is 5.97 Å². The molecule has 1 aliphatic heterocycles. The molecule has 2 aromatic carbocycles. The van der Waals surface area contributed by atoms with Gasteiger partial charge in [0.2, 0.25) is 0 Å². The molecule has 1 saturated heterocycles. The standard InChI is InChI=1S/C24H26F2N2O3/c25-18-7-9-19(10-8-18)27-13-15-28(16-14-27)22(29)17-31-23(30)24(11-3-4-12-24)20-5-1-2-6-21(20)26/h1-2,5-10H,3-4,11-17H2. The van der Waals surface area contributed by atoms with Gasteiger partial charge in [0.25, 0.3) is 5.91 Å². The Morgan fingerprint density at radius 3 is 2.19 bits per heavy atom. The van der Waals surface area contributed by atoms with E-state index in [-0.39, 0.29) is 18.3 Å². The summed E-state index contributed by atoms with van der Waals surface area (Å²) in [7, 11) is 0. The van der Waals surface area contributed by atoms with Crippen molar-refractivity contribution in [2.24, 2.45) is 0 Å². The fourth-order valence-electron chi connectivity index (χ4n) is 4.63. The van der Waals surface area contributed by atoms with Crippen molar-refractivity contribution >= 4 is 17.6 Å². The predicted molar refractivity (Wildman–Crippen MR) is 113 cm³/mol. The number of carbonyl (C=O) groups is 2. The Morgan fingerprint density at radius 1 is 0.903 bits per heavy atom. The molecule has 0 unspecified atom stereocenters. The molecule has 0 radical (unpaired) electrons. The lowest BCUT2D eigenvalue weighted by Gasteiger charge is -2.36. The summed E-state index contributed by atoms with van der Waals surface area (Å²) >= 11 is 0. The van der Waals surface area contributed by atoms with Crippen molar-refractivity contribution in [1.29, 1.82) is 0 Å². The van der Waals surface area contributed by atoms with Crippen LogP contribution in [0.4, 0.5) is 14.5 Å². The number of amides is 1. The minimum absolute atomic E-state index is 0.256. The molecule has 1 amide bonds. The highest BCUT2D eigenvalue weighted by Crippen LogP contribution is 2.43. The molecule has 5 nitrogen and oxygen atoms in total. The highest BCUT2D eigenvalue weighted by Gasteiger charge is 2.46. The van der Waals surface area contributed by atoms with Gasteiger partial charge in [-0.2, -0.15) is 0 Å². The van der Waals surface area contributed by atoms with Crippen LogP contribution in [0.1, 0.15) is 31.2 Å². The van der Waals surface area contributed by atoms with E-state index in [1.807, 2.05) is 0 Å².